The zero-order valence-electron chi connectivity index (χ0n) is 8.53. The molecule has 0 aliphatic carbocycles. The standard InChI is InChI=1S/C11H10ClN3/c1-7(2)11-9(6-13)15-4-3-8(12)5-10(15)14-11/h3-5,7H,1-2H3. The fraction of sp³-hybridized carbons (Fsp3) is 0.273. The number of hydrogen-bond donors (Lipinski definition) is 0. The average Bonchev–Trinajstić information content (AvgIpc) is 2.55. The Morgan fingerprint density at radius 2 is 2.27 bits per heavy atom. The number of fused-ring (bicyclic) bond motifs is 1. The second-order valence-corrected chi connectivity index (χ2v) is 4.12. The lowest BCUT2D eigenvalue weighted by atomic mass is 10.1. The predicted octanol–water partition coefficient (Wildman–Crippen LogP) is 2.98. The molecule has 2 heterocycles. The molecule has 0 aliphatic heterocycles. The van der Waals surface area contributed by atoms with Crippen molar-refractivity contribution in [2.24, 2.45) is 0 Å². The van der Waals surface area contributed by atoms with Crippen LogP contribution >= 0.6 is 11.6 Å². The number of imidazole rings is 1. The molecule has 0 bridgehead atoms. The van der Waals surface area contributed by atoms with Crippen molar-refractivity contribution in [2.45, 2.75) is 19.8 Å². The van der Waals surface area contributed by atoms with E-state index < -0.39 is 0 Å². The van der Waals surface area contributed by atoms with Gasteiger partial charge in [-0.15, -0.1) is 0 Å². The molecule has 0 atom stereocenters. The van der Waals surface area contributed by atoms with Crippen LogP contribution in [-0.4, -0.2) is 9.38 Å². The molecule has 4 heteroatoms. The highest BCUT2D eigenvalue weighted by atomic mass is 35.5. The molecule has 0 aliphatic rings. The van der Waals surface area contributed by atoms with Crippen molar-refractivity contribution in [2.75, 3.05) is 0 Å². The van der Waals surface area contributed by atoms with Crippen molar-refractivity contribution in [3.63, 3.8) is 0 Å². The maximum atomic E-state index is 9.08. The molecule has 0 saturated carbocycles. The van der Waals surface area contributed by atoms with E-state index in [-0.39, 0.29) is 5.92 Å². The minimum atomic E-state index is 0.235. The maximum absolute atomic E-state index is 9.08. The summed E-state index contributed by atoms with van der Waals surface area (Å²) in [5.41, 5.74) is 2.14. The number of nitrogens with zero attached hydrogens (tertiary/aromatic N) is 3. The summed E-state index contributed by atoms with van der Waals surface area (Å²) in [6.45, 7) is 4.04. The third-order valence-electron chi connectivity index (χ3n) is 2.27. The summed E-state index contributed by atoms with van der Waals surface area (Å²) in [5.74, 6) is 0.235. The molecular formula is C11H10ClN3. The van der Waals surface area contributed by atoms with Gasteiger partial charge in [0.05, 0.1) is 5.69 Å². The molecule has 0 unspecified atom stereocenters. The zero-order chi connectivity index (χ0) is 11.0. The largest absolute Gasteiger partial charge is 0.291 e. The van der Waals surface area contributed by atoms with E-state index in [2.05, 4.69) is 11.1 Å². The van der Waals surface area contributed by atoms with Crippen molar-refractivity contribution >= 4 is 17.2 Å². The highest BCUT2D eigenvalue weighted by Crippen LogP contribution is 2.21. The van der Waals surface area contributed by atoms with Gasteiger partial charge < -0.3 is 0 Å². The highest BCUT2D eigenvalue weighted by Gasteiger charge is 2.14. The first-order valence-corrected chi connectivity index (χ1v) is 5.09. The summed E-state index contributed by atoms with van der Waals surface area (Å²) < 4.78 is 1.77. The molecule has 2 rings (SSSR count). The van der Waals surface area contributed by atoms with E-state index >= 15 is 0 Å². The molecule has 0 saturated heterocycles. The van der Waals surface area contributed by atoms with Gasteiger partial charge >= 0.3 is 0 Å². The summed E-state index contributed by atoms with van der Waals surface area (Å²) in [5, 5.41) is 9.71. The fourth-order valence-corrected chi connectivity index (χ4v) is 1.71. The van der Waals surface area contributed by atoms with Crippen LogP contribution in [0.25, 0.3) is 5.65 Å². The first-order valence-electron chi connectivity index (χ1n) is 4.71. The lowest BCUT2D eigenvalue weighted by Crippen LogP contribution is -1.93. The summed E-state index contributed by atoms with van der Waals surface area (Å²) >= 11 is 5.87. The molecule has 0 fully saturated rings. The second kappa shape index (κ2) is 3.56. The van der Waals surface area contributed by atoms with Crippen molar-refractivity contribution in [3.8, 4) is 6.07 Å². The highest BCUT2D eigenvalue weighted by molar-refractivity contribution is 6.30. The number of aromatic nitrogens is 2. The van der Waals surface area contributed by atoms with Crippen LogP contribution in [0.2, 0.25) is 5.02 Å². The van der Waals surface area contributed by atoms with Crippen LogP contribution < -0.4 is 0 Å². The van der Waals surface area contributed by atoms with Gasteiger partial charge in [-0.3, -0.25) is 4.40 Å². The van der Waals surface area contributed by atoms with E-state index in [1.165, 1.54) is 0 Å². The fourth-order valence-electron chi connectivity index (χ4n) is 1.55. The van der Waals surface area contributed by atoms with Crippen LogP contribution in [0.5, 0.6) is 0 Å². The van der Waals surface area contributed by atoms with Gasteiger partial charge in [0.15, 0.2) is 0 Å². The number of nitriles is 1. The van der Waals surface area contributed by atoms with Gasteiger partial charge in [0, 0.05) is 17.3 Å². The molecule has 76 valence electrons. The molecule has 2 aromatic heterocycles. The van der Waals surface area contributed by atoms with Gasteiger partial charge in [0.2, 0.25) is 0 Å². The Kier molecular flexibility index (Phi) is 2.37. The molecular weight excluding hydrogens is 210 g/mol. The zero-order valence-corrected chi connectivity index (χ0v) is 9.28. The quantitative estimate of drug-likeness (QED) is 0.740. The Morgan fingerprint density at radius 1 is 1.53 bits per heavy atom. The van der Waals surface area contributed by atoms with E-state index in [0.29, 0.717) is 10.7 Å². The predicted molar refractivity (Wildman–Crippen MR) is 59.0 cm³/mol. The third kappa shape index (κ3) is 1.57. The smallest absolute Gasteiger partial charge is 0.148 e. The number of rotatable bonds is 1. The van der Waals surface area contributed by atoms with Gasteiger partial charge in [0.25, 0.3) is 0 Å². The molecule has 3 nitrogen and oxygen atoms in total. The van der Waals surface area contributed by atoms with Crippen molar-refractivity contribution in [1.29, 1.82) is 5.26 Å². The van der Waals surface area contributed by atoms with E-state index in [1.54, 1.807) is 22.7 Å². The summed E-state index contributed by atoms with van der Waals surface area (Å²) in [6, 6.07) is 5.69. The Morgan fingerprint density at radius 3 is 2.87 bits per heavy atom. The maximum Gasteiger partial charge on any atom is 0.148 e. The Labute approximate surface area is 92.9 Å². The summed E-state index contributed by atoms with van der Waals surface area (Å²) in [7, 11) is 0. The first-order chi connectivity index (χ1) is 7.13. The number of hydrogen-bond acceptors (Lipinski definition) is 2. The normalized spacial score (nSPS) is 10.9. The Hall–Kier alpha value is -1.53. The van der Waals surface area contributed by atoms with Crippen molar-refractivity contribution in [1.82, 2.24) is 9.38 Å². The molecule has 2 aromatic rings. The Bertz CT molecular complexity index is 549. The van der Waals surface area contributed by atoms with Crippen LogP contribution in [0.4, 0.5) is 0 Å². The molecule has 0 aromatic carbocycles. The number of pyridine rings is 1. The molecule has 0 radical (unpaired) electrons. The minimum Gasteiger partial charge on any atom is -0.291 e. The first kappa shape index (κ1) is 10.0. The van der Waals surface area contributed by atoms with Crippen LogP contribution in [-0.2, 0) is 0 Å². The van der Waals surface area contributed by atoms with E-state index in [1.807, 2.05) is 13.8 Å². The molecule has 0 amide bonds. The van der Waals surface area contributed by atoms with Crippen LogP contribution in [0.15, 0.2) is 18.3 Å². The summed E-state index contributed by atoms with van der Waals surface area (Å²) in [4.78, 5) is 4.40. The van der Waals surface area contributed by atoms with Gasteiger partial charge in [-0.1, -0.05) is 25.4 Å². The van der Waals surface area contributed by atoms with Crippen LogP contribution in [0.3, 0.4) is 0 Å². The van der Waals surface area contributed by atoms with E-state index in [9.17, 15) is 0 Å². The topological polar surface area (TPSA) is 41.1 Å². The third-order valence-corrected chi connectivity index (χ3v) is 2.50. The van der Waals surface area contributed by atoms with Gasteiger partial charge in [-0.25, -0.2) is 4.98 Å². The van der Waals surface area contributed by atoms with Crippen LogP contribution in [0.1, 0.15) is 31.2 Å². The van der Waals surface area contributed by atoms with Crippen molar-refractivity contribution < 1.29 is 0 Å². The number of halogens is 1. The average molecular weight is 220 g/mol. The summed E-state index contributed by atoms with van der Waals surface area (Å²) in [6.07, 6.45) is 1.77. The lowest BCUT2D eigenvalue weighted by Gasteiger charge is -1.98. The SMILES string of the molecule is CC(C)c1nc2cc(Cl)ccn2c1C#N. The van der Waals surface area contributed by atoms with E-state index in [4.69, 9.17) is 16.9 Å². The second-order valence-electron chi connectivity index (χ2n) is 3.69. The van der Waals surface area contributed by atoms with Gasteiger partial charge in [-0.2, -0.15) is 5.26 Å². The lowest BCUT2D eigenvalue weighted by molar-refractivity contribution is 0.829. The monoisotopic (exact) mass is 219 g/mol. The molecule has 0 N–H and O–H groups in total. The van der Waals surface area contributed by atoms with Gasteiger partial charge in [0.1, 0.15) is 17.4 Å². The molecule has 0 spiro atoms. The van der Waals surface area contributed by atoms with E-state index in [0.717, 1.165) is 11.3 Å². The van der Waals surface area contributed by atoms with Crippen molar-refractivity contribution in [3.05, 3.63) is 34.7 Å². The Balaban J connectivity index is 2.80. The van der Waals surface area contributed by atoms with Crippen LogP contribution in [0, 0.1) is 11.3 Å². The van der Waals surface area contributed by atoms with Gasteiger partial charge in [-0.05, 0) is 12.0 Å². The minimum absolute atomic E-state index is 0.235. The molecule has 15 heavy (non-hydrogen) atoms.